The van der Waals surface area contributed by atoms with E-state index in [-0.39, 0.29) is 6.61 Å². The average Bonchev–Trinajstić information content (AvgIpc) is 3.12. The summed E-state index contributed by atoms with van der Waals surface area (Å²) in [6.45, 7) is 3.72. The highest BCUT2D eigenvalue weighted by Crippen LogP contribution is 2.21. The number of nitrogens with one attached hydrogen (secondary N) is 2. The van der Waals surface area contributed by atoms with Gasteiger partial charge in [0.25, 0.3) is 0 Å². The minimum absolute atomic E-state index is 0.169. The fourth-order valence-electron chi connectivity index (χ4n) is 2.92. The summed E-state index contributed by atoms with van der Waals surface area (Å²) in [5, 5.41) is 25.5. The lowest BCUT2D eigenvalue weighted by molar-refractivity contribution is 0.292. The molecule has 3 rings (SSSR count). The number of aliphatic hydroxyl groups excluding tert-OH is 1. The lowest BCUT2D eigenvalue weighted by Gasteiger charge is -2.05. The zero-order chi connectivity index (χ0) is 19.6. The first-order valence-corrected chi connectivity index (χ1v) is 9.91. The van der Waals surface area contributed by atoms with Gasteiger partial charge in [-0.2, -0.15) is 15.0 Å². The zero-order valence-electron chi connectivity index (χ0n) is 15.8. The molecule has 0 aliphatic carbocycles. The van der Waals surface area contributed by atoms with Crippen molar-refractivity contribution in [3.63, 3.8) is 0 Å². The molecule has 0 saturated heterocycles. The molecular formula is C21H26ClN5O. The summed E-state index contributed by atoms with van der Waals surface area (Å²) in [7, 11) is 0. The van der Waals surface area contributed by atoms with Crippen LogP contribution >= 0.6 is 11.6 Å². The molecule has 0 radical (unpaired) electrons. The number of aliphatic hydroxyl groups is 1. The van der Waals surface area contributed by atoms with E-state index in [1.165, 1.54) is 0 Å². The van der Waals surface area contributed by atoms with Gasteiger partial charge in [-0.1, -0.05) is 60.1 Å². The lowest BCUT2D eigenvalue weighted by Crippen LogP contribution is -2.24. The topological polar surface area (TPSA) is 75.0 Å². The minimum Gasteiger partial charge on any atom is -0.395 e. The van der Waals surface area contributed by atoms with Crippen LogP contribution < -0.4 is 10.6 Å². The van der Waals surface area contributed by atoms with Crippen molar-refractivity contribution < 1.29 is 5.11 Å². The molecule has 2 aromatic carbocycles. The quantitative estimate of drug-likeness (QED) is 0.432. The van der Waals surface area contributed by atoms with E-state index in [9.17, 15) is 0 Å². The molecule has 0 unspecified atom stereocenters. The van der Waals surface area contributed by atoms with Gasteiger partial charge in [0.05, 0.1) is 13.2 Å². The molecular weight excluding hydrogens is 374 g/mol. The van der Waals surface area contributed by atoms with Crippen LogP contribution in [0.1, 0.15) is 17.7 Å². The monoisotopic (exact) mass is 399 g/mol. The van der Waals surface area contributed by atoms with Crippen LogP contribution in [0.25, 0.3) is 11.3 Å². The van der Waals surface area contributed by atoms with E-state index in [1.54, 1.807) is 4.80 Å². The second kappa shape index (κ2) is 10.9. The van der Waals surface area contributed by atoms with Gasteiger partial charge in [-0.25, -0.2) is 0 Å². The molecule has 7 heteroatoms. The Morgan fingerprint density at radius 1 is 0.893 bits per heavy atom. The van der Waals surface area contributed by atoms with Crippen LogP contribution in [0, 0.1) is 0 Å². The molecule has 1 heterocycles. The molecule has 0 aliphatic rings. The standard InChI is InChI=1S/C21H26ClN5O/c22-19-10-5-4-9-18(19)16-27-25-20(15-24-12-6-11-23-13-14-28)21(26-27)17-7-2-1-3-8-17/h1-5,7-10,23-24,28H,6,11-16H2. The van der Waals surface area contributed by atoms with Crippen molar-refractivity contribution in [2.75, 3.05) is 26.2 Å². The third-order valence-electron chi connectivity index (χ3n) is 4.33. The largest absolute Gasteiger partial charge is 0.395 e. The van der Waals surface area contributed by atoms with Crippen LogP contribution in [-0.4, -0.2) is 46.3 Å². The third kappa shape index (κ3) is 5.87. The van der Waals surface area contributed by atoms with Crippen LogP contribution in [0.5, 0.6) is 0 Å². The maximum Gasteiger partial charge on any atom is 0.117 e. The molecule has 0 spiro atoms. The first-order valence-electron chi connectivity index (χ1n) is 9.53. The number of rotatable bonds is 11. The normalized spacial score (nSPS) is 11.1. The van der Waals surface area contributed by atoms with Crippen molar-refractivity contribution in [1.82, 2.24) is 25.6 Å². The van der Waals surface area contributed by atoms with E-state index in [0.29, 0.717) is 19.6 Å². The maximum absolute atomic E-state index is 8.78. The van der Waals surface area contributed by atoms with Gasteiger partial charge in [0.2, 0.25) is 0 Å². The fraction of sp³-hybridized carbons (Fsp3) is 0.333. The summed E-state index contributed by atoms with van der Waals surface area (Å²) < 4.78 is 0. The number of halogens is 1. The molecule has 0 bridgehead atoms. The Bertz CT molecular complexity index is 853. The van der Waals surface area contributed by atoms with Gasteiger partial charge in [-0.15, -0.1) is 0 Å². The summed E-state index contributed by atoms with van der Waals surface area (Å²) in [6, 6.07) is 17.9. The predicted molar refractivity (Wildman–Crippen MR) is 112 cm³/mol. The van der Waals surface area contributed by atoms with Crippen molar-refractivity contribution in [2.24, 2.45) is 0 Å². The molecule has 28 heavy (non-hydrogen) atoms. The Balaban J connectivity index is 1.68. The summed E-state index contributed by atoms with van der Waals surface area (Å²) in [5.74, 6) is 0. The third-order valence-corrected chi connectivity index (χ3v) is 4.70. The maximum atomic E-state index is 8.78. The van der Waals surface area contributed by atoms with E-state index in [2.05, 4.69) is 10.6 Å². The van der Waals surface area contributed by atoms with Crippen LogP contribution in [0.2, 0.25) is 5.02 Å². The number of hydrogen-bond acceptors (Lipinski definition) is 5. The molecule has 3 aromatic rings. The van der Waals surface area contributed by atoms with Crippen LogP contribution in [-0.2, 0) is 13.1 Å². The molecule has 0 saturated carbocycles. The Labute approximate surface area is 170 Å². The van der Waals surface area contributed by atoms with Crippen LogP contribution in [0.3, 0.4) is 0 Å². The Hall–Kier alpha value is -2.25. The number of nitrogens with zero attached hydrogens (tertiary/aromatic N) is 3. The smallest absolute Gasteiger partial charge is 0.117 e. The van der Waals surface area contributed by atoms with Gasteiger partial charge in [-0.3, -0.25) is 0 Å². The van der Waals surface area contributed by atoms with Gasteiger partial charge >= 0.3 is 0 Å². The minimum atomic E-state index is 0.169. The number of aromatic nitrogens is 3. The van der Waals surface area contributed by atoms with Gasteiger partial charge in [0, 0.05) is 23.7 Å². The van der Waals surface area contributed by atoms with Crippen molar-refractivity contribution in [3.05, 3.63) is 70.9 Å². The highest BCUT2D eigenvalue weighted by Gasteiger charge is 2.13. The average molecular weight is 400 g/mol. The summed E-state index contributed by atoms with van der Waals surface area (Å²) in [5.41, 5.74) is 3.85. The fourth-order valence-corrected chi connectivity index (χ4v) is 3.12. The Kier molecular flexibility index (Phi) is 7.99. The molecule has 0 amide bonds. The van der Waals surface area contributed by atoms with Gasteiger partial charge in [0.15, 0.2) is 0 Å². The van der Waals surface area contributed by atoms with Crippen molar-refractivity contribution in [2.45, 2.75) is 19.5 Å². The zero-order valence-corrected chi connectivity index (χ0v) is 16.6. The Morgan fingerprint density at radius 2 is 1.64 bits per heavy atom. The first-order chi connectivity index (χ1) is 13.8. The highest BCUT2D eigenvalue weighted by atomic mass is 35.5. The molecule has 0 fully saturated rings. The summed E-state index contributed by atoms with van der Waals surface area (Å²) in [6.07, 6.45) is 0.981. The second-order valence-corrected chi connectivity index (χ2v) is 6.89. The molecule has 0 atom stereocenters. The molecule has 0 aliphatic heterocycles. The van der Waals surface area contributed by atoms with Crippen molar-refractivity contribution in [1.29, 1.82) is 0 Å². The first kappa shape index (κ1) is 20.5. The summed E-state index contributed by atoms with van der Waals surface area (Å²) >= 11 is 6.29. The molecule has 6 nitrogen and oxygen atoms in total. The van der Waals surface area contributed by atoms with Gasteiger partial charge in [-0.05, 0) is 31.1 Å². The van der Waals surface area contributed by atoms with Crippen molar-refractivity contribution in [3.8, 4) is 11.3 Å². The van der Waals surface area contributed by atoms with Crippen LogP contribution in [0.4, 0.5) is 0 Å². The predicted octanol–water partition coefficient (Wildman–Crippen LogP) is 2.71. The highest BCUT2D eigenvalue weighted by molar-refractivity contribution is 6.31. The van der Waals surface area contributed by atoms with Gasteiger partial charge in [0.1, 0.15) is 11.4 Å². The molecule has 3 N–H and O–H groups in total. The summed E-state index contributed by atoms with van der Waals surface area (Å²) in [4.78, 5) is 1.71. The van der Waals surface area contributed by atoms with Gasteiger partial charge < -0.3 is 15.7 Å². The van der Waals surface area contributed by atoms with E-state index in [4.69, 9.17) is 26.9 Å². The lowest BCUT2D eigenvalue weighted by atomic mass is 10.1. The van der Waals surface area contributed by atoms with Crippen molar-refractivity contribution >= 4 is 11.6 Å². The Morgan fingerprint density at radius 3 is 2.43 bits per heavy atom. The SMILES string of the molecule is OCCNCCCNCc1nn(Cc2ccccc2Cl)nc1-c1ccccc1. The number of hydrogen-bond donors (Lipinski definition) is 3. The molecule has 1 aromatic heterocycles. The van der Waals surface area contributed by atoms with E-state index in [0.717, 1.165) is 47.0 Å². The second-order valence-electron chi connectivity index (χ2n) is 6.49. The van der Waals surface area contributed by atoms with E-state index in [1.807, 2.05) is 54.6 Å². The van der Waals surface area contributed by atoms with E-state index < -0.39 is 0 Å². The van der Waals surface area contributed by atoms with Crippen LogP contribution in [0.15, 0.2) is 54.6 Å². The number of benzene rings is 2. The van der Waals surface area contributed by atoms with E-state index >= 15 is 0 Å². The molecule has 148 valence electrons.